The highest BCUT2D eigenvalue weighted by Crippen LogP contribution is 2.35. The first-order valence-electron chi connectivity index (χ1n) is 6.51. The Morgan fingerprint density at radius 3 is 2.67 bits per heavy atom. The molecule has 1 N–H and O–H groups in total. The van der Waals surface area contributed by atoms with Gasteiger partial charge in [-0.15, -0.1) is 0 Å². The van der Waals surface area contributed by atoms with Gasteiger partial charge in [0, 0.05) is 5.56 Å². The van der Waals surface area contributed by atoms with Crippen LogP contribution in [0.15, 0.2) is 29.8 Å². The minimum absolute atomic E-state index is 0.467. The molecule has 0 fully saturated rings. The second-order valence-corrected chi connectivity index (χ2v) is 5.56. The predicted octanol–water partition coefficient (Wildman–Crippen LogP) is 5.31. The van der Waals surface area contributed by atoms with Crippen LogP contribution in [0.4, 0.5) is 0 Å². The standard InChI is InChI=1S/C15H18Cl2O/c16-13-10-6-9-12(14(13)17)15(18)11-7-4-2-1-3-5-8-11/h6-7,9-10,15,18H,1-5,8H2/b11-7+. The number of rotatable bonds is 2. The van der Waals surface area contributed by atoms with Crippen LogP contribution in [0.2, 0.25) is 10.0 Å². The largest absolute Gasteiger partial charge is 0.384 e. The zero-order valence-corrected chi connectivity index (χ0v) is 11.8. The molecule has 1 aliphatic carbocycles. The first kappa shape index (κ1) is 13.9. The summed E-state index contributed by atoms with van der Waals surface area (Å²) in [6.07, 6.45) is 8.43. The molecule has 1 aromatic carbocycles. The third kappa shape index (κ3) is 3.28. The average Bonchev–Trinajstić information content (AvgIpc) is 2.31. The third-order valence-electron chi connectivity index (χ3n) is 3.45. The molecule has 0 saturated heterocycles. The molecule has 0 radical (unpaired) electrons. The van der Waals surface area contributed by atoms with Crippen molar-refractivity contribution in [3.05, 3.63) is 45.5 Å². The van der Waals surface area contributed by atoms with Gasteiger partial charge < -0.3 is 5.11 Å². The molecule has 0 amide bonds. The number of allylic oxidation sites excluding steroid dienone is 1. The zero-order valence-electron chi connectivity index (χ0n) is 10.3. The van der Waals surface area contributed by atoms with Crippen LogP contribution in [-0.4, -0.2) is 5.11 Å². The van der Waals surface area contributed by atoms with E-state index in [1.807, 2.05) is 12.1 Å². The second kappa shape index (κ2) is 6.60. The molecule has 1 aliphatic rings. The van der Waals surface area contributed by atoms with Gasteiger partial charge in [0.15, 0.2) is 0 Å². The van der Waals surface area contributed by atoms with E-state index in [1.54, 1.807) is 6.07 Å². The smallest absolute Gasteiger partial charge is 0.102 e. The Morgan fingerprint density at radius 2 is 1.83 bits per heavy atom. The van der Waals surface area contributed by atoms with E-state index in [2.05, 4.69) is 6.08 Å². The molecule has 0 bridgehead atoms. The van der Waals surface area contributed by atoms with Gasteiger partial charge in [-0.1, -0.05) is 54.3 Å². The van der Waals surface area contributed by atoms with Crippen LogP contribution >= 0.6 is 23.2 Å². The van der Waals surface area contributed by atoms with Crippen molar-refractivity contribution in [3.63, 3.8) is 0 Å². The van der Waals surface area contributed by atoms with Gasteiger partial charge in [-0.3, -0.25) is 0 Å². The maximum Gasteiger partial charge on any atom is 0.102 e. The molecular formula is C15H18Cl2O. The Balaban J connectivity index is 2.23. The fraction of sp³-hybridized carbons (Fsp3) is 0.467. The Labute approximate surface area is 118 Å². The number of aliphatic hydroxyl groups is 1. The molecular weight excluding hydrogens is 267 g/mol. The van der Waals surface area contributed by atoms with Crippen LogP contribution in [0.5, 0.6) is 0 Å². The fourth-order valence-corrected chi connectivity index (χ4v) is 2.81. The molecule has 0 heterocycles. The van der Waals surface area contributed by atoms with Crippen LogP contribution in [0.3, 0.4) is 0 Å². The predicted molar refractivity (Wildman–Crippen MR) is 77.2 cm³/mol. The number of benzene rings is 1. The van der Waals surface area contributed by atoms with Gasteiger partial charge >= 0.3 is 0 Å². The maximum atomic E-state index is 10.5. The van der Waals surface area contributed by atoms with Gasteiger partial charge in [-0.05, 0) is 37.3 Å². The van der Waals surface area contributed by atoms with Crippen LogP contribution < -0.4 is 0 Å². The van der Waals surface area contributed by atoms with E-state index in [9.17, 15) is 5.11 Å². The number of hydrogen-bond donors (Lipinski definition) is 1. The minimum Gasteiger partial charge on any atom is -0.384 e. The summed E-state index contributed by atoms with van der Waals surface area (Å²) < 4.78 is 0. The summed E-state index contributed by atoms with van der Waals surface area (Å²) in [5, 5.41) is 11.4. The lowest BCUT2D eigenvalue weighted by Crippen LogP contribution is -2.04. The quantitative estimate of drug-likeness (QED) is 0.730. The Bertz CT molecular complexity index is 440. The monoisotopic (exact) mass is 284 g/mol. The summed E-state index contributed by atoms with van der Waals surface area (Å²) in [5.41, 5.74) is 1.80. The van der Waals surface area contributed by atoms with E-state index in [0.717, 1.165) is 30.4 Å². The Morgan fingerprint density at radius 1 is 1.06 bits per heavy atom. The lowest BCUT2D eigenvalue weighted by atomic mass is 9.93. The van der Waals surface area contributed by atoms with Gasteiger partial charge in [-0.2, -0.15) is 0 Å². The van der Waals surface area contributed by atoms with E-state index in [0.29, 0.717) is 10.0 Å². The molecule has 0 spiro atoms. The number of aliphatic hydroxyl groups excluding tert-OH is 1. The molecule has 1 aromatic rings. The molecule has 0 aliphatic heterocycles. The molecule has 98 valence electrons. The van der Waals surface area contributed by atoms with E-state index in [4.69, 9.17) is 23.2 Å². The van der Waals surface area contributed by atoms with Gasteiger partial charge in [0.2, 0.25) is 0 Å². The van der Waals surface area contributed by atoms with Crippen molar-refractivity contribution in [2.24, 2.45) is 0 Å². The lowest BCUT2D eigenvalue weighted by Gasteiger charge is -2.19. The molecule has 1 atom stereocenters. The van der Waals surface area contributed by atoms with Crippen molar-refractivity contribution >= 4 is 23.2 Å². The van der Waals surface area contributed by atoms with E-state index in [1.165, 1.54) is 19.3 Å². The highest BCUT2D eigenvalue weighted by molar-refractivity contribution is 6.42. The number of hydrogen-bond acceptors (Lipinski definition) is 1. The molecule has 0 saturated carbocycles. The van der Waals surface area contributed by atoms with Gasteiger partial charge in [0.25, 0.3) is 0 Å². The first-order valence-corrected chi connectivity index (χ1v) is 7.26. The fourth-order valence-electron chi connectivity index (χ4n) is 2.40. The highest BCUT2D eigenvalue weighted by atomic mass is 35.5. The van der Waals surface area contributed by atoms with Gasteiger partial charge in [0.05, 0.1) is 10.0 Å². The third-order valence-corrected chi connectivity index (χ3v) is 4.29. The minimum atomic E-state index is -0.616. The van der Waals surface area contributed by atoms with E-state index >= 15 is 0 Å². The summed E-state index contributed by atoms with van der Waals surface area (Å²) >= 11 is 12.2. The summed E-state index contributed by atoms with van der Waals surface area (Å²) in [6.45, 7) is 0. The van der Waals surface area contributed by atoms with Crippen molar-refractivity contribution in [1.82, 2.24) is 0 Å². The molecule has 3 heteroatoms. The molecule has 2 rings (SSSR count). The first-order chi connectivity index (χ1) is 8.70. The average molecular weight is 285 g/mol. The van der Waals surface area contributed by atoms with Crippen LogP contribution in [-0.2, 0) is 0 Å². The van der Waals surface area contributed by atoms with Gasteiger partial charge in [-0.25, -0.2) is 0 Å². The van der Waals surface area contributed by atoms with Crippen molar-refractivity contribution in [2.45, 2.75) is 44.6 Å². The van der Waals surface area contributed by atoms with E-state index in [-0.39, 0.29) is 0 Å². The van der Waals surface area contributed by atoms with Crippen LogP contribution in [0.25, 0.3) is 0 Å². The van der Waals surface area contributed by atoms with E-state index < -0.39 is 6.10 Å². The van der Waals surface area contributed by atoms with Crippen molar-refractivity contribution in [1.29, 1.82) is 0 Å². The van der Waals surface area contributed by atoms with Crippen LogP contribution in [0, 0.1) is 0 Å². The van der Waals surface area contributed by atoms with Gasteiger partial charge in [0.1, 0.15) is 6.10 Å². The normalized spacial score (nSPS) is 21.6. The van der Waals surface area contributed by atoms with Crippen molar-refractivity contribution in [2.75, 3.05) is 0 Å². The summed E-state index contributed by atoms with van der Waals surface area (Å²) in [4.78, 5) is 0. The van der Waals surface area contributed by atoms with Crippen molar-refractivity contribution in [3.8, 4) is 0 Å². The number of halogens is 2. The molecule has 18 heavy (non-hydrogen) atoms. The summed E-state index contributed by atoms with van der Waals surface area (Å²) in [5.74, 6) is 0. The topological polar surface area (TPSA) is 20.2 Å². The molecule has 0 aromatic heterocycles. The highest BCUT2D eigenvalue weighted by Gasteiger charge is 2.18. The van der Waals surface area contributed by atoms with Crippen molar-refractivity contribution < 1.29 is 5.11 Å². The SMILES string of the molecule is OC(/C1=C/CCCCCC1)c1cccc(Cl)c1Cl. The second-order valence-electron chi connectivity index (χ2n) is 4.78. The molecule has 1 nitrogen and oxygen atoms in total. The Hall–Kier alpha value is -0.500. The molecule has 1 unspecified atom stereocenters. The zero-order chi connectivity index (χ0) is 13.0. The lowest BCUT2D eigenvalue weighted by molar-refractivity contribution is 0.209. The summed E-state index contributed by atoms with van der Waals surface area (Å²) in [6, 6.07) is 5.42. The van der Waals surface area contributed by atoms with Crippen LogP contribution in [0.1, 0.15) is 50.2 Å². The summed E-state index contributed by atoms with van der Waals surface area (Å²) in [7, 11) is 0. The maximum absolute atomic E-state index is 10.5. The Kier molecular flexibility index (Phi) is 5.11.